The summed E-state index contributed by atoms with van der Waals surface area (Å²) in [5.41, 5.74) is -0.792. The van der Waals surface area contributed by atoms with Crippen LogP contribution in [-0.2, 0) is 9.59 Å². The fourth-order valence-corrected chi connectivity index (χ4v) is 6.68. The number of methoxy groups -OCH3 is 2. The first-order valence-electron chi connectivity index (χ1n) is 14.7. The maximum atomic E-state index is 15.8. The summed E-state index contributed by atoms with van der Waals surface area (Å²) in [5, 5.41) is 9.46. The highest BCUT2D eigenvalue weighted by atomic mass is 32.1. The number of ether oxygens (including phenoxy) is 4. The SMILES string of the molecule is COc1cc2sc(C(=O)C[C@H](C)C(C)=O)cc2c(F)c1OCC(C)(C)COc1c(OC)cc2sc(C(=O)C[C@H](C)C(=O)O)cc2c1F. The Kier molecular flexibility index (Phi) is 10.9. The largest absolute Gasteiger partial charge is 0.493 e. The fourth-order valence-electron chi connectivity index (χ4n) is 4.61. The molecule has 252 valence electrons. The maximum absolute atomic E-state index is 15.8. The summed E-state index contributed by atoms with van der Waals surface area (Å²) in [7, 11) is 2.73. The van der Waals surface area contributed by atoms with E-state index in [1.54, 1.807) is 32.9 Å². The normalized spacial score (nSPS) is 13.0. The smallest absolute Gasteiger partial charge is 0.306 e. The van der Waals surface area contributed by atoms with Gasteiger partial charge in [-0.3, -0.25) is 19.2 Å². The average molecular weight is 691 g/mol. The van der Waals surface area contributed by atoms with E-state index in [0.29, 0.717) is 14.3 Å². The zero-order valence-corrected chi connectivity index (χ0v) is 28.7. The summed E-state index contributed by atoms with van der Waals surface area (Å²) >= 11 is 2.14. The molecule has 0 aliphatic heterocycles. The van der Waals surface area contributed by atoms with Gasteiger partial charge in [-0.15, -0.1) is 22.7 Å². The molecule has 2 heterocycles. The molecule has 0 aliphatic carbocycles. The van der Waals surface area contributed by atoms with E-state index >= 15 is 8.78 Å². The lowest BCUT2D eigenvalue weighted by Crippen LogP contribution is -2.29. The van der Waals surface area contributed by atoms with Crippen molar-refractivity contribution >= 4 is 66.2 Å². The van der Waals surface area contributed by atoms with Gasteiger partial charge in [-0.05, 0) is 19.1 Å². The van der Waals surface area contributed by atoms with Crippen molar-refractivity contribution in [1.82, 2.24) is 0 Å². The molecule has 4 aromatic rings. The van der Waals surface area contributed by atoms with Gasteiger partial charge >= 0.3 is 5.97 Å². The second kappa shape index (κ2) is 14.3. The average Bonchev–Trinajstić information content (AvgIpc) is 3.65. The van der Waals surface area contributed by atoms with Crippen molar-refractivity contribution < 1.29 is 52.0 Å². The third-order valence-corrected chi connectivity index (χ3v) is 9.91. The Morgan fingerprint density at radius 1 is 0.766 bits per heavy atom. The van der Waals surface area contributed by atoms with Crippen LogP contribution in [0.2, 0.25) is 0 Å². The number of ketones is 3. The molecule has 9 nitrogen and oxygen atoms in total. The highest BCUT2D eigenvalue weighted by molar-refractivity contribution is 7.21. The van der Waals surface area contributed by atoms with Gasteiger partial charge in [0.2, 0.25) is 0 Å². The molecule has 0 saturated carbocycles. The minimum atomic E-state index is -1.10. The maximum Gasteiger partial charge on any atom is 0.306 e. The second-order valence-electron chi connectivity index (χ2n) is 12.2. The van der Waals surface area contributed by atoms with Gasteiger partial charge in [0.1, 0.15) is 5.78 Å². The molecule has 0 saturated heterocycles. The van der Waals surface area contributed by atoms with Gasteiger partial charge in [0.25, 0.3) is 0 Å². The predicted molar refractivity (Wildman–Crippen MR) is 176 cm³/mol. The van der Waals surface area contributed by atoms with E-state index in [1.165, 1.54) is 40.2 Å². The molecule has 0 aliphatic rings. The quantitative estimate of drug-likeness (QED) is 0.117. The van der Waals surface area contributed by atoms with Crippen molar-refractivity contribution in [3.63, 3.8) is 0 Å². The molecule has 2 atom stereocenters. The zero-order valence-electron chi connectivity index (χ0n) is 27.1. The molecule has 0 radical (unpaired) electrons. The molecular weight excluding hydrogens is 654 g/mol. The summed E-state index contributed by atoms with van der Waals surface area (Å²) in [6.45, 7) is 7.94. The van der Waals surface area contributed by atoms with Crippen LogP contribution in [0.15, 0.2) is 24.3 Å². The zero-order chi connectivity index (χ0) is 34.8. The van der Waals surface area contributed by atoms with Crippen LogP contribution in [0, 0.1) is 28.9 Å². The lowest BCUT2D eigenvalue weighted by atomic mass is 9.96. The molecule has 0 fully saturated rings. The van der Waals surface area contributed by atoms with Crippen molar-refractivity contribution in [1.29, 1.82) is 0 Å². The Labute approximate surface area is 278 Å². The van der Waals surface area contributed by atoms with E-state index in [-0.39, 0.29) is 76.3 Å². The van der Waals surface area contributed by atoms with Gasteiger partial charge in [-0.25, -0.2) is 8.78 Å². The first-order valence-corrected chi connectivity index (χ1v) is 16.4. The molecule has 47 heavy (non-hydrogen) atoms. The highest BCUT2D eigenvalue weighted by Gasteiger charge is 2.28. The molecule has 0 spiro atoms. The summed E-state index contributed by atoms with van der Waals surface area (Å²) < 4.78 is 55.0. The van der Waals surface area contributed by atoms with Crippen LogP contribution >= 0.6 is 22.7 Å². The molecule has 2 aromatic carbocycles. The third kappa shape index (κ3) is 7.90. The third-order valence-electron chi connectivity index (χ3n) is 7.67. The second-order valence-corrected chi connectivity index (χ2v) is 14.4. The van der Waals surface area contributed by atoms with Gasteiger partial charge < -0.3 is 24.1 Å². The van der Waals surface area contributed by atoms with Crippen LogP contribution in [0.25, 0.3) is 20.2 Å². The van der Waals surface area contributed by atoms with Crippen molar-refractivity contribution in [2.24, 2.45) is 17.3 Å². The van der Waals surface area contributed by atoms with Crippen LogP contribution in [0.1, 0.15) is 66.8 Å². The lowest BCUT2D eigenvalue weighted by Gasteiger charge is -2.26. The van der Waals surface area contributed by atoms with Crippen LogP contribution in [-0.4, -0.2) is 55.9 Å². The summed E-state index contributed by atoms with van der Waals surface area (Å²) in [6.07, 6.45) is -0.197. The van der Waals surface area contributed by atoms with E-state index in [9.17, 15) is 19.2 Å². The predicted octanol–water partition coefficient (Wildman–Crippen LogP) is 7.99. The van der Waals surface area contributed by atoms with Crippen molar-refractivity contribution in [3.8, 4) is 23.0 Å². The fraction of sp³-hybridized carbons (Fsp3) is 0.412. The van der Waals surface area contributed by atoms with E-state index in [4.69, 9.17) is 24.1 Å². The Morgan fingerprint density at radius 2 is 1.17 bits per heavy atom. The number of thiophene rings is 2. The van der Waals surface area contributed by atoms with Gasteiger partial charge in [0, 0.05) is 56.5 Å². The van der Waals surface area contributed by atoms with E-state index in [1.807, 2.05) is 0 Å². The number of carbonyl (C=O) groups is 4. The number of fused-ring (bicyclic) bond motifs is 2. The van der Waals surface area contributed by atoms with Crippen molar-refractivity contribution in [3.05, 3.63) is 45.7 Å². The number of hydrogen-bond donors (Lipinski definition) is 1. The molecule has 0 bridgehead atoms. The number of rotatable bonds is 16. The molecule has 13 heteroatoms. The summed E-state index contributed by atoms with van der Waals surface area (Å²) in [6, 6.07) is 5.97. The van der Waals surface area contributed by atoms with Gasteiger partial charge in [-0.2, -0.15) is 0 Å². The topological polar surface area (TPSA) is 125 Å². The number of Topliss-reactive ketones (excluding diaryl/α,β-unsaturated/α-hetero) is 3. The lowest BCUT2D eigenvalue weighted by molar-refractivity contribution is -0.141. The van der Waals surface area contributed by atoms with Gasteiger partial charge in [0.05, 0.1) is 43.1 Å². The van der Waals surface area contributed by atoms with Gasteiger partial charge in [-0.1, -0.05) is 27.7 Å². The molecule has 0 unspecified atom stereocenters. The minimum absolute atomic E-state index is 0.0224. The molecular formula is C34H36F2O9S2. The summed E-state index contributed by atoms with van der Waals surface area (Å²) in [5.74, 6) is -4.74. The number of aliphatic carboxylic acids is 1. The first kappa shape index (κ1) is 35.7. The molecule has 0 amide bonds. The highest BCUT2D eigenvalue weighted by Crippen LogP contribution is 2.43. The monoisotopic (exact) mass is 690 g/mol. The number of carbonyl (C=O) groups excluding carboxylic acids is 3. The van der Waals surface area contributed by atoms with Crippen LogP contribution in [0.5, 0.6) is 23.0 Å². The number of carboxylic acids is 1. The van der Waals surface area contributed by atoms with Crippen LogP contribution in [0.3, 0.4) is 0 Å². The number of hydrogen-bond acceptors (Lipinski definition) is 10. The van der Waals surface area contributed by atoms with Gasteiger partial charge in [0.15, 0.2) is 46.2 Å². The Morgan fingerprint density at radius 3 is 1.53 bits per heavy atom. The van der Waals surface area contributed by atoms with Crippen molar-refractivity contribution in [2.45, 2.75) is 47.5 Å². The standard InChI is InChI=1S/C34H36F2O9S2/c1-16(18(3)37)8-21(38)27-10-19-25(46-27)12-23(42-6)31(29(19)35)44-14-34(4,5)15-45-32-24(43-7)13-26-20(30(32)36)11-28(47-26)22(39)9-17(2)33(40)41/h10-13,16-17H,8-9,14-15H2,1-7H3,(H,40,41)/t16-,17-/m0/s1. The van der Waals surface area contributed by atoms with Crippen molar-refractivity contribution in [2.75, 3.05) is 27.4 Å². The van der Waals surface area contributed by atoms with E-state index < -0.39 is 40.6 Å². The first-order chi connectivity index (χ1) is 22.1. The summed E-state index contributed by atoms with van der Waals surface area (Å²) in [4.78, 5) is 48.7. The molecule has 2 aromatic heterocycles. The van der Waals surface area contributed by atoms with E-state index in [2.05, 4.69) is 0 Å². The number of halogens is 2. The van der Waals surface area contributed by atoms with E-state index in [0.717, 1.165) is 22.7 Å². The Hall–Kier alpha value is -4.10. The molecule has 1 N–H and O–H groups in total. The number of benzene rings is 2. The van der Waals surface area contributed by atoms with Crippen LogP contribution < -0.4 is 18.9 Å². The molecule has 4 rings (SSSR count). The number of carboxylic acid groups (broad SMARTS) is 1. The Bertz CT molecular complexity index is 1730. The minimum Gasteiger partial charge on any atom is -0.493 e. The van der Waals surface area contributed by atoms with Crippen LogP contribution in [0.4, 0.5) is 8.78 Å². The Balaban J connectivity index is 1.52.